The summed E-state index contributed by atoms with van der Waals surface area (Å²) < 4.78 is 0. The van der Waals surface area contributed by atoms with Crippen LogP contribution in [0.2, 0.25) is 0 Å². The average Bonchev–Trinajstić information content (AvgIpc) is 2.03. The predicted molar refractivity (Wildman–Crippen MR) is 25.6 cm³/mol. The maximum atomic E-state index is 6.25. The molecule has 0 aliphatic carbocycles. The molecule has 44 valence electrons. The summed E-state index contributed by atoms with van der Waals surface area (Å²) in [6.45, 7) is 19.0. The molecule has 0 N–H and O–H groups in total. The van der Waals surface area contributed by atoms with Crippen LogP contribution in [0.4, 0.5) is 0 Å². The molecule has 0 rings (SSSR count). The van der Waals surface area contributed by atoms with Crippen molar-refractivity contribution in [1.29, 1.82) is 21.0 Å². The van der Waals surface area contributed by atoms with Crippen molar-refractivity contribution < 1.29 is 0 Å². The molecule has 0 saturated heterocycles. The zero-order valence-corrected chi connectivity index (χ0v) is 7.14. The molecule has 0 aliphatic heterocycles. The first-order chi connectivity index (χ1) is 4.00. The summed E-state index contributed by atoms with van der Waals surface area (Å²) in [7, 11) is 0. The monoisotopic (exact) mass is 224 g/mol. The molecule has 5 heteroatoms. The summed E-state index contributed by atoms with van der Waals surface area (Å²) in [6.07, 6.45) is 0. The van der Waals surface area contributed by atoms with Gasteiger partial charge in [-0.15, -0.1) is 0 Å². The van der Waals surface area contributed by atoms with E-state index < -0.39 is 0 Å². The third kappa shape index (κ3) is 99.3. The van der Waals surface area contributed by atoms with Gasteiger partial charge in [-0.2, -0.15) is 0 Å². The van der Waals surface area contributed by atoms with E-state index in [9.17, 15) is 0 Å². The number of rotatable bonds is 0. The molecule has 0 atom stereocenters. The summed E-state index contributed by atoms with van der Waals surface area (Å²) >= 11 is 0. The van der Waals surface area contributed by atoms with Crippen LogP contribution in [-0.2, 0) is 0 Å². The van der Waals surface area contributed by atoms with Crippen LogP contribution in [0.3, 0.4) is 0 Å². The Labute approximate surface area is 71.5 Å². The van der Waals surface area contributed by atoms with Gasteiger partial charge in [-0.25, -0.2) is 0 Å². The minimum absolute atomic E-state index is 0. The van der Waals surface area contributed by atoms with Gasteiger partial charge < -0.3 is 47.3 Å². The summed E-state index contributed by atoms with van der Waals surface area (Å²) in [5.41, 5.74) is 0. The minimum Gasteiger partial charge on any atom is -0.512 e. The Morgan fingerprint density at radius 2 is 0.444 bits per heavy atom. The second-order valence-electron chi connectivity index (χ2n) is 0. The molecule has 0 heterocycles. The number of nitrogens with zero attached hydrogens (tertiary/aromatic N) is 4. The van der Waals surface area contributed by atoms with Crippen LogP contribution in [0.15, 0.2) is 0 Å². The van der Waals surface area contributed by atoms with E-state index >= 15 is 0 Å². The first kappa shape index (κ1) is 46.6. The van der Waals surface area contributed by atoms with Crippen molar-refractivity contribution in [3.05, 3.63) is 26.3 Å². The summed E-state index contributed by atoms with van der Waals surface area (Å²) in [5.74, 6) is 0. The van der Waals surface area contributed by atoms with E-state index in [2.05, 4.69) is 0 Å². The molecule has 4 radical (unpaired) electrons. The van der Waals surface area contributed by atoms with E-state index in [0.717, 1.165) is 0 Å². The predicted octanol–water partition coefficient (Wildman–Crippen LogP) is 0.00468. The van der Waals surface area contributed by atoms with Gasteiger partial charge in [0.2, 0.25) is 0 Å². The van der Waals surface area contributed by atoms with E-state index in [4.69, 9.17) is 47.3 Å². The van der Waals surface area contributed by atoms with E-state index in [-0.39, 0.29) is 23.9 Å². The minimum atomic E-state index is 0. The average molecular weight is 223 g/mol. The Balaban J connectivity index is -0.00000000762. The van der Waals surface area contributed by atoms with Crippen molar-refractivity contribution in [3.8, 4) is 0 Å². The van der Waals surface area contributed by atoms with Gasteiger partial charge in [-0.3, -0.25) is 0 Å². The van der Waals surface area contributed by atoms with Crippen molar-refractivity contribution in [2.24, 2.45) is 0 Å². The molecule has 4 nitrogen and oxygen atoms in total. The maximum Gasteiger partial charge on any atom is 0 e. The van der Waals surface area contributed by atoms with Gasteiger partial charge in [0.15, 0.2) is 0 Å². The molecule has 0 saturated carbocycles. The second kappa shape index (κ2) is 145. The Morgan fingerprint density at radius 3 is 0.444 bits per heavy atom. The Hall–Kier alpha value is -1.24. The second-order valence-corrected chi connectivity index (χ2v) is 0. The molecule has 0 aromatic heterocycles. The van der Waals surface area contributed by atoms with Crippen LogP contribution in [0.25, 0.3) is 0 Å². The smallest absolute Gasteiger partial charge is 0 e. The first-order valence-corrected chi connectivity index (χ1v) is 0.894. The van der Waals surface area contributed by atoms with E-state index in [1.54, 1.807) is 0 Å². The molecule has 0 unspecified atom stereocenters. The Morgan fingerprint density at radius 1 is 0.444 bits per heavy atom. The van der Waals surface area contributed by atoms with Gasteiger partial charge in [-0.1, -0.05) is 0 Å². The van der Waals surface area contributed by atoms with Crippen molar-refractivity contribution >= 4 is 23.9 Å². The molecular formula is C4N4Sn-4. The topological polar surface area (TPSA) is 95.2 Å². The summed E-state index contributed by atoms with van der Waals surface area (Å²) in [4.78, 5) is 0. The SMILES string of the molecule is [C-]#N.[C-]#N.[C-]#N.[C-]#N.[Sn]. The molecule has 0 bridgehead atoms. The molecular weight excluding hydrogens is 223 g/mol. The Bertz CT molecular complexity index is 55.5. The summed E-state index contributed by atoms with van der Waals surface area (Å²) in [6, 6.07) is 0. The quantitative estimate of drug-likeness (QED) is 0.426. The third-order valence-electron chi connectivity index (χ3n) is 0. The zero-order valence-electron chi connectivity index (χ0n) is 4.29. The van der Waals surface area contributed by atoms with Crippen LogP contribution in [-0.4, -0.2) is 23.9 Å². The van der Waals surface area contributed by atoms with Crippen LogP contribution in [0, 0.1) is 47.3 Å². The largest absolute Gasteiger partial charge is 0.512 e. The zero-order chi connectivity index (χ0) is 8.00. The molecule has 0 amide bonds. The van der Waals surface area contributed by atoms with Crippen molar-refractivity contribution in [2.75, 3.05) is 0 Å². The van der Waals surface area contributed by atoms with Crippen LogP contribution in [0.5, 0.6) is 0 Å². The standard InChI is InChI=1S/4CN.Sn/c4*1-2;/q4*-1;. The van der Waals surface area contributed by atoms with Gasteiger partial charge in [0.05, 0.1) is 0 Å². The molecule has 0 aliphatic rings. The van der Waals surface area contributed by atoms with Gasteiger partial charge in [-0.05, 0) is 0 Å². The summed E-state index contributed by atoms with van der Waals surface area (Å²) in [5, 5.41) is 25.0. The van der Waals surface area contributed by atoms with Gasteiger partial charge in [0.25, 0.3) is 0 Å². The normalized spacial score (nSPS) is 0.889. The Kier molecular flexibility index (Phi) is 753. The van der Waals surface area contributed by atoms with E-state index in [1.807, 2.05) is 0 Å². The van der Waals surface area contributed by atoms with Crippen molar-refractivity contribution in [1.82, 2.24) is 0 Å². The van der Waals surface area contributed by atoms with Crippen molar-refractivity contribution in [3.63, 3.8) is 0 Å². The fourth-order valence-corrected chi connectivity index (χ4v) is 0. The first-order valence-electron chi connectivity index (χ1n) is 0.894. The number of hydrogen-bond donors (Lipinski definition) is 0. The molecule has 0 aromatic carbocycles. The molecule has 9 heavy (non-hydrogen) atoms. The molecule has 0 aromatic rings. The van der Waals surface area contributed by atoms with Crippen LogP contribution >= 0.6 is 0 Å². The van der Waals surface area contributed by atoms with Crippen LogP contribution < -0.4 is 0 Å². The molecule has 0 spiro atoms. The van der Waals surface area contributed by atoms with Crippen LogP contribution in [0.1, 0.15) is 0 Å². The number of hydrogen-bond acceptors (Lipinski definition) is 4. The fraction of sp³-hybridized carbons (Fsp3) is 0. The fourth-order valence-electron chi connectivity index (χ4n) is 0. The molecule has 0 fully saturated rings. The maximum absolute atomic E-state index is 6.25. The van der Waals surface area contributed by atoms with Gasteiger partial charge in [0, 0.05) is 23.9 Å². The van der Waals surface area contributed by atoms with Gasteiger partial charge >= 0.3 is 0 Å². The third-order valence-corrected chi connectivity index (χ3v) is 0. The van der Waals surface area contributed by atoms with E-state index in [0.29, 0.717) is 0 Å². The van der Waals surface area contributed by atoms with Crippen molar-refractivity contribution in [2.45, 2.75) is 0 Å². The van der Waals surface area contributed by atoms with Gasteiger partial charge in [0.1, 0.15) is 0 Å². The van der Waals surface area contributed by atoms with E-state index in [1.165, 1.54) is 0 Å².